The molecule has 0 aliphatic carbocycles. The van der Waals surface area contributed by atoms with Crippen LogP contribution in [-0.4, -0.2) is 23.3 Å². The summed E-state index contributed by atoms with van der Waals surface area (Å²) in [4.78, 5) is 5.21. The molecule has 6 heteroatoms. The number of halogens is 1. The highest BCUT2D eigenvalue weighted by atomic mass is 35.5. The topological polar surface area (TPSA) is 54.4 Å². The van der Waals surface area contributed by atoms with E-state index in [1.54, 1.807) is 23.6 Å². The molecule has 2 N–H and O–H groups in total. The average molecular weight is 285 g/mol. The molecule has 0 fully saturated rings. The normalized spacial score (nSPS) is 10.3. The van der Waals surface area contributed by atoms with E-state index in [4.69, 9.17) is 21.4 Å². The van der Waals surface area contributed by atoms with Gasteiger partial charge in [-0.05, 0) is 17.5 Å². The molecule has 2 aromatic heterocycles. The third kappa shape index (κ3) is 3.60. The van der Waals surface area contributed by atoms with E-state index in [0.717, 1.165) is 15.6 Å². The fourth-order valence-electron chi connectivity index (χ4n) is 1.35. The molecule has 2 heterocycles. The summed E-state index contributed by atoms with van der Waals surface area (Å²) >= 11 is 7.62. The van der Waals surface area contributed by atoms with E-state index < -0.39 is 0 Å². The van der Waals surface area contributed by atoms with E-state index in [-0.39, 0.29) is 13.2 Å². The van der Waals surface area contributed by atoms with Gasteiger partial charge in [0.1, 0.15) is 6.61 Å². The van der Waals surface area contributed by atoms with E-state index in [1.807, 2.05) is 17.5 Å². The van der Waals surface area contributed by atoms with Gasteiger partial charge in [0.15, 0.2) is 0 Å². The third-order valence-electron chi connectivity index (χ3n) is 2.22. The second-order valence-corrected chi connectivity index (χ2v) is 4.91. The Balaban J connectivity index is 1.88. The maximum atomic E-state index is 8.62. The van der Waals surface area contributed by atoms with Gasteiger partial charge in [0, 0.05) is 10.9 Å². The van der Waals surface area contributed by atoms with Crippen molar-refractivity contribution in [1.82, 2.24) is 4.98 Å². The molecule has 0 spiro atoms. The lowest BCUT2D eigenvalue weighted by Gasteiger charge is -2.06. The first-order chi connectivity index (χ1) is 8.79. The predicted octanol–water partition coefficient (Wildman–Crippen LogP) is 2.78. The van der Waals surface area contributed by atoms with Crippen LogP contribution in [0.3, 0.4) is 0 Å². The standard InChI is InChI=1S/C12H13ClN2O2S/c13-10-3-6-18-11(10)8-14-9-1-2-12(15-7-9)17-5-4-16/h1-3,6-7,14,16H,4-5,8H2. The predicted molar refractivity (Wildman–Crippen MR) is 73.5 cm³/mol. The van der Waals surface area contributed by atoms with Gasteiger partial charge in [0.05, 0.1) is 30.1 Å². The number of hydrogen-bond acceptors (Lipinski definition) is 5. The average Bonchev–Trinajstić information content (AvgIpc) is 2.81. The summed E-state index contributed by atoms with van der Waals surface area (Å²) in [5.41, 5.74) is 0.899. The van der Waals surface area contributed by atoms with Crippen molar-refractivity contribution in [2.24, 2.45) is 0 Å². The van der Waals surface area contributed by atoms with Gasteiger partial charge in [-0.3, -0.25) is 0 Å². The van der Waals surface area contributed by atoms with Crippen LogP contribution in [-0.2, 0) is 6.54 Å². The molecule has 0 bridgehead atoms. The summed E-state index contributed by atoms with van der Waals surface area (Å²) in [5, 5.41) is 14.6. The van der Waals surface area contributed by atoms with Crippen LogP contribution in [0.25, 0.3) is 0 Å². The highest BCUT2D eigenvalue weighted by Gasteiger charge is 2.02. The number of aliphatic hydroxyl groups excluding tert-OH is 1. The second kappa shape index (κ2) is 6.58. The third-order valence-corrected chi connectivity index (χ3v) is 3.61. The number of nitrogens with zero attached hydrogens (tertiary/aromatic N) is 1. The van der Waals surface area contributed by atoms with Crippen molar-refractivity contribution < 1.29 is 9.84 Å². The van der Waals surface area contributed by atoms with Gasteiger partial charge in [-0.2, -0.15) is 0 Å². The van der Waals surface area contributed by atoms with Crippen LogP contribution in [0.1, 0.15) is 4.88 Å². The van der Waals surface area contributed by atoms with E-state index in [1.165, 1.54) is 0 Å². The van der Waals surface area contributed by atoms with Gasteiger partial charge in [-0.25, -0.2) is 4.98 Å². The van der Waals surface area contributed by atoms with Crippen LogP contribution in [0.2, 0.25) is 5.02 Å². The zero-order valence-electron chi connectivity index (χ0n) is 9.60. The Morgan fingerprint density at radius 1 is 1.39 bits per heavy atom. The summed E-state index contributed by atoms with van der Waals surface area (Å²) in [7, 11) is 0. The number of thiophene rings is 1. The number of hydrogen-bond donors (Lipinski definition) is 2. The monoisotopic (exact) mass is 284 g/mol. The van der Waals surface area contributed by atoms with Crippen LogP contribution < -0.4 is 10.1 Å². The van der Waals surface area contributed by atoms with Crippen molar-refractivity contribution in [2.75, 3.05) is 18.5 Å². The van der Waals surface area contributed by atoms with Crippen LogP contribution >= 0.6 is 22.9 Å². The summed E-state index contributed by atoms with van der Waals surface area (Å²) in [6, 6.07) is 5.52. The molecule has 0 radical (unpaired) electrons. The minimum absolute atomic E-state index is 0.0153. The quantitative estimate of drug-likeness (QED) is 0.856. The Morgan fingerprint density at radius 3 is 2.89 bits per heavy atom. The number of nitrogens with one attached hydrogen (secondary N) is 1. The lowest BCUT2D eigenvalue weighted by Crippen LogP contribution is -2.03. The van der Waals surface area contributed by atoms with Crippen molar-refractivity contribution in [3.8, 4) is 5.88 Å². The molecule has 2 rings (SSSR count). The summed E-state index contributed by atoms with van der Waals surface area (Å²) < 4.78 is 5.17. The fourth-order valence-corrected chi connectivity index (χ4v) is 2.40. The molecule has 0 amide bonds. The highest BCUT2D eigenvalue weighted by molar-refractivity contribution is 7.10. The Morgan fingerprint density at radius 2 is 2.28 bits per heavy atom. The van der Waals surface area contributed by atoms with Gasteiger partial charge in [0.2, 0.25) is 5.88 Å². The van der Waals surface area contributed by atoms with E-state index in [2.05, 4.69) is 10.3 Å². The van der Waals surface area contributed by atoms with E-state index in [9.17, 15) is 0 Å². The first-order valence-electron chi connectivity index (χ1n) is 5.45. The Kier molecular flexibility index (Phi) is 4.81. The summed E-state index contributed by atoms with van der Waals surface area (Å²) in [6.07, 6.45) is 1.69. The van der Waals surface area contributed by atoms with Crippen molar-refractivity contribution in [3.05, 3.63) is 39.7 Å². The molecule has 0 aromatic carbocycles. The maximum absolute atomic E-state index is 8.62. The summed E-state index contributed by atoms with van der Waals surface area (Å²) in [5.74, 6) is 0.503. The molecule has 18 heavy (non-hydrogen) atoms. The first kappa shape index (κ1) is 13.1. The van der Waals surface area contributed by atoms with Crippen molar-refractivity contribution in [1.29, 1.82) is 0 Å². The lowest BCUT2D eigenvalue weighted by atomic mass is 10.4. The molecule has 0 atom stereocenters. The Hall–Kier alpha value is -1.30. The number of aliphatic hydroxyl groups is 1. The molecule has 0 saturated carbocycles. The molecule has 0 aliphatic heterocycles. The van der Waals surface area contributed by atoms with Gasteiger partial charge in [0.25, 0.3) is 0 Å². The van der Waals surface area contributed by atoms with Gasteiger partial charge >= 0.3 is 0 Å². The Bertz CT molecular complexity index is 487. The molecule has 4 nitrogen and oxygen atoms in total. The molecular weight excluding hydrogens is 272 g/mol. The molecule has 96 valence electrons. The number of anilines is 1. The van der Waals surface area contributed by atoms with Gasteiger partial charge in [-0.15, -0.1) is 11.3 Å². The number of ether oxygens (including phenoxy) is 1. The highest BCUT2D eigenvalue weighted by Crippen LogP contribution is 2.23. The largest absolute Gasteiger partial charge is 0.475 e. The minimum Gasteiger partial charge on any atom is -0.475 e. The van der Waals surface area contributed by atoms with Crippen molar-refractivity contribution in [3.63, 3.8) is 0 Å². The number of rotatable bonds is 6. The molecule has 2 aromatic rings. The second-order valence-electron chi connectivity index (χ2n) is 3.50. The van der Waals surface area contributed by atoms with Crippen LogP contribution in [0.4, 0.5) is 5.69 Å². The zero-order valence-corrected chi connectivity index (χ0v) is 11.2. The van der Waals surface area contributed by atoms with Crippen LogP contribution in [0, 0.1) is 0 Å². The maximum Gasteiger partial charge on any atom is 0.213 e. The fraction of sp³-hybridized carbons (Fsp3) is 0.250. The van der Waals surface area contributed by atoms with Crippen molar-refractivity contribution in [2.45, 2.75) is 6.54 Å². The number of aromatic nitrogens is 1. The van der Waals surface area contributed by atoms with E-state index >= 15 is 0 Å². The first-order valence-corrected chi connectivity index (χ1v) is 6.71. The minimum atomic E-state index is -0.0153. The van der Waals surface area contributed by atoms with Gasteiger partial charge in [-0.1, -0.05) is 11.6 Å². The van der Waals surface area contributed by atoms with Crippen molar-refractivity contribution >= 4 is 28.6 Å². The van der Waals surface area contributed by atoms with Gasteiger partial charge < -0.3 is 15.2 Å². The van der Waals surface area contributed by atoms with E-state index in [0.29, 0.717) is 12.4 Å². The van der Waals surface area contributed by atoms with Crippen LogP contribution in [0.15, 0.2) is 29.8 Å². The Labute approximate surface area is 114 Å². The zero-order chi connectivity index (χ0) is 12.8. The molecule has 0 unspecified atom stereocenters. The molecule has 0 aliphatic rings. The summed E-state index contributed by atoms with van der Waals surface area (Å²) in [6.45, 7) is 0.915. The molecule has 0 saturated heterocycles. The molecular formula is C12H13ClN2O2S. The smallest absolute Gasteiger partial charge is 0.213 e. The SMILES string of the molecule is OCCOc1ccc(NCc2sccc2Cl)cn1. The number of pyridine rings is 1. The van der Waals surface area contributed by atoms with Crippen LogP contribution in [0.5, 0.6) is 5.88 Å². The lowest BCUT2D eigenvalue weighted by molar-refractivity contribution is 0.196.